The summed E-state index contributed by atoms with van der Waals surface area (Å²) in [6, 6.07) is -0.379. The van der Waals surface area contributed by atoms with Crippen LogP contribution in [0.1, 0.15) is 20.5 Å². The van der Waals surface area contributed by atoms with Gasteiger partial charge in [-0.05, 0) is 6.92 Å². The molecule has 10 heteroatoms. The van der Waals surface area contributed by atoms with E-state index in [4.69, 9.17) is 5.11 Å². The fraction of sp³-hybridized carbons (Fsp3) is 0.300. The van der Waals surface area contributed by atoms with Gasteiger partial charge in [0.25, 0.3) is 0 Å². The summed E-state index contributed by atoms with van der Waals surface area (Å²) in [7, 11) is 0. The monoisotopic (exact) mass is 313 g/mol. The molecule has 20 heavy (non-hydrogen) atoms. The van der Waals surface area contributed by atoms with Crippen LogP contribution >= 0.6 is 22.7 Å². The first kappa shape index (κ1) is 14.3. The van der Waals surface area contributed by atoms with Crippen LogP contribution in [0.4, 0.5) is 9.93 Å². The SMILES string of the molecule is Cc1nnc(NC(=O)NCCc2nc(C(=O)O)cs2)s1. The molecule has 0 unspecified atom stereocenters. The van der Waals surface area contributed by atoms with E-state index in [1.165, 1.54) is 28.1 Å². The Bertz CT molecular complexity index is 624. The zero-order valence-electron chi connectivity index (χ0n) is 10.4. The van der Waals surface area contributed by atoms with E-state index < -0.39 is 5.97 Å². The minimum atomic E-state index is -1.05. The minimum absolute atomic E-state index is 0.0267. The third-order valence-corrected chi connectivity index (χ3v) is 3.80. The molecule has 2 aromatic heterocycles. The largest absolute Gasteiger partial charge is 0.476 e. The number of nitrogens with one attached hydrogen (secondary N) is 2. The predicted molar refractivity (Wildman–Crippen MR) is 74.4 cm³/mol. The number of carbonyl (C=O) groups excluding carboxylic acids is 1. The maximum absolute atomic E-state index is 11.5. The summed E-state index contributed by atoms with van der Waals surface area (Å²) in [6.45, 7) is 2.15. The number of carboxylic acids is 1. The average Bonchev–Trinajstić information content (AvgIpc) is 2.99. The number of rotatable bonds is 5. The van der Waals surface area contributed by atoms with Gasteiger partial charge in [-0.15, -0.1) is 21.5 Å². The number of aryl methyl sites for hydroxylation is 1. The van der Waals surface area contributed by atoms with Crippen LogP contribution in [0.15, 0.2) is 5.38 Å². The molecule has 3 N–H and O–H groups in total. The Morgan fingerprint density at radius 3 is 2.80 bits per heavy atom. The minimum Gasteiger partial charge on any atom is -0.476 e. The van der Waals surface area contributed by atoms with Gasteiger partial charge in [-0.3, -0.25) is 5.32 Å². The molecule has 2 rings (SSSR count). The Balaban J connectivity index is 1.74. The quantitative estimate of drug-likeness (QED) is 0.767. The van der Waals surface area contributed by atoms with Crippen molar-refractivity contribution in [1.29, 1.82) is 0 Å². The third kappa shape index (κ3) is 3.96. The first-order valence-electron chi connectivity index (χ1n) is 5.57. The molecule has 0 spiro atoms. The number of hydrogen-bond acceptors (Lipinski definition) is 7. The summed E-state index contributed by atoms with van der Waals surface area (Å²) in [4.78, 5) is 26.1. The molecule has 0 saturated heterocycles. The van der Waals surface area contributed by atoms with Crippen molar-refractivity contribution in [3.8, 4) is 0 Å². The first-order valence-corrected chi connectivity index (χ1v) is 7.27. The molecule has 0 aliphatic heterocycles. The number of thiazole rings is 1. The predicted octanol–water partition coefficient (Wildman–Crippen LogP) is 1.37. The van der Waals surface area contributed by atoms with E-state index >= 15 is 0 Å². The summed E-state index contributed by atoms with van der Waals surface area (Å²) in [5, 5.41) is 24.8. The van der Waals surface area contributed by atoms with Crippen molar-refractivity contribution in [1.82, 2.24) is 20.5 Å². The smallest absolute Gasteiger partial charge is 0.355 e. The van der Waals surface area contributed by atoms with Gasteiger partial charge in [-0.1, -0.05) is 11.3 Å². The number of amides is 2. The highest BCUT2D eigenvalue weighted by Gasteiger charge is 2.09. The molecule has 2 amide bonds. The Hall–Kier alpha value is -2.07. The highest BCUT2D eigenvalue weighted by Crippen LogP contribution is 2.13. The Labute approximate surface area is 121 Å². The van der Waals surface area contributed by atoms with Crippen molar-refractivity contribution < 1.29 is 14.7 Å². The molecule has 0 aromatic carbocycles. The Morgan fingerprint density at radius 2 is 2.20 bits per heavy atom. The lowest BCUT2D eigenvalue weighted by molar-refractivity contribution is 0.0691. The van der Waals surface area contributed by atoms with Gasteiger partial charge < -0.3 is 10.4 Å². The average molecular weight is 313 g/mol. The van der Waals surface area contributed by atoms with Crippen LogP contribution in [-0.2, 0) is 6.42 Å². The fourth-order valence-electron chi connectivity index (χ4n) is 1.30. The lowest BCUT2D eigenvalue weighted by Gasteiger charge is -2.03. The molecule has 0 bridgehead atoms. The van der Waals surface area contributed by atoms with Gasteiger partial charge in [0.05, 0.1) is 5.01 Å². The lowest BCUT2D eigenvalue weighted by Crippen LogP contribution is -2.30. The molecular weight excluding hydrogens is 302 g/mol. The first-order chi connectivity index (χ1) is 9.54. The number of carboxylic acid groups (broad SMARTS) is 1. The summed E-state index contributed by atoms with van der Waals surface area (Å²) in [5.74, 6) is -1.05. The van der Waals surface area contributed by atoms with Crippen molar-refractivity contribution in [3.63, 3.8) is 0 Å². The normalized spacial score (nSPS) is 10.2. The van der Waals surface area contributed by atoms with Crippen LogP contribution < -0.4 is 10.6 Å². The summed E-state index contributed by atoms with van der Waals surface area (Å²) >= 11 is 2.54. The molecule has 2 aromatic rings. The van der Waals surface area contributed by atoms with Gasteiger partial charge in [-0.2, -0.15) is 0 Å². The second-order valence-corrected chi connectivity index (χ2v) is 5.81. The van der Waals surface area contributed by atoms with Crippen molar-refractivity contribution >= 4 is 39.8 Å². The van der Waals surface area contributed by atoms with Crippen LogP contribution in [0.5, 0.6) is 0 Å². The fourth-order valence-corrected chi connectivity index (χ4v) is 2.65. The number of carbonyl (C=O) groups is 2. The molecular formula is C10H11N5O3S2. The number of hydrogen-bond donors (Lipinski definition) is 3. The van der Waals surface area contributed by atoms with E-state index in [0.29, 0.717) is 23.1 Å². The summed E-state index contributed by atoms with van der Waals surface area (Å²) in [6.07, 6.45) is 0.473. The highest BCUT2D eigenvalue weighted by atomic mass is 32.1. The standard InChI is InChI=1S/C10H11N5O3S2/c1-5-14-15-10(20-5)13-9(18)11-3-2-7-12-6(4-19-7)8(16)17/h4H,2-3H2,1H3,(H,16,17)(H2,11,13,15,18). The molecule has 0 aliphatic rings. The van der Waals surface area contributed by atoms with Gasteiger partial charge in [0, 0.05) is 18.3 Å². The molecule has 2 heterocycles. The zero-order valence-corrected chi connectivity index (χ0v) is 12.0. The number of anilines is 1. The zero-order chi connectivity index (χ0) is 14.5. The second kappa shape index (κ2) is 6.39. The molecule has 0 radical (unpaired) electrons. The van der Waals surface area contributed by atoms with E-state index in [0.717, 1.165) is 5.01 Å². The van der Waals surface area contributed by atoms with E-state index in [2.05, 4.69) is 25.8 Å². The number of urea groups is 1. The number of aromatic nitrogens is 3. The number of nitrogens with zero attached hydrogens (tertiary/aromatic N) is 3. The van der Waals surface area contributed by atoms with Crippen LogP contribution in [0.2, 0.25) is 0 Å². The molecule has 0 aliphatic carbocycles. The summed E-state index contributed by atoms with van der Waals surface area (Å²) in [5.41, 5.74) is 0.0267. The molecule has 0 saturated carbocycles. The lowest BCUT2D eigenvalue weighted by atomic mass is 10.4. The van der Waals surface area contributed by atoms with Gasteiger partial charge in [0.1, 0.15) is 5.01 Å². The molecule has 0 atom stereocenters. The van der Waals surface area contributed by atoms with Crippen LogP contribution in [-0.4, -0.2) is 38.8 Å². The van der Waals surface area contributed by atoms with E-state index in [1.807, 2.05) is 0 Å². The van der Waals surface area contributed by atoms with Crippen molar-refractivity contribution in [2.24, 2.45) is 0 Å². The van der Waals surface area contributed by atoms with Crippen molar-refractivity contribution in [2.75, 3.05) is 11.9 Å². The third-order valence-electron chi connectivity index (χ3n) is 2.14. The number of aromatic carboxylic acids is 1. The molecule has 106 valence electrons. The second-order valence-electron chi connectivity index (χ2n) is 3.69. The molecule has 0 fully saturated rings. The van der Waals surface area contributed by atoms with Gasteiger partial charge in [-0.25, -0.2) is 14.6 Å². The van der Waals surface area contributed by atoms with Gasteiger partial charge in [0.2, 0.25) is 5.13 Å². The van der Waals surface area contributed by atoms with Crippen LogP contribution in [0, 0.1) is 6.92 Å². The van der Waals surface area contributed by atoms with Crippen molar-refractivity contribution in [3.05, 3.63) is 21.1 Å². The summed E-state index contributed by atoms with van der Waals surface area (Å²) < 4.78 is 0. The van der Waals surface area contributed by atoms with E-state index in [9.17, 15) is 9.59 Å². The Morgan fingerprint density at radius 1 is 1.40 bits per heavy atom. The van der Waals surface area contributed by atoms with Gasteiger partial charge in [0.15, 0.2) is 5.69 Å². The molecule has 8 nitrogen and oxygen atoms in total. The maximum Gasteiger partial charge on any atom is 0.355 e. The Kier molecular flexibility index (Phi) is 4.58. The van der Waals surface area contributed by atoms with Crippen LogP contribution in [0.3, 0.4) is 0 Å². The van der Waals surface area contributed by atoms with E-state index in [1.54, 1.807) is 6.92 Å². The van der Waals surface area contributed by atoms with Gasteiger partial charge >= 0.3 is 12.0 Å². The van der Waals surface area contributed by atoms with Crippen LogP contribution in [0.25, 0.3) is 0 Å². The maximum atomic E-state index is 11.5. The van der Waals surface area contributed by atoms with Crippen molar-refractivity contribution in [2.45, 2.75) is 13.3 Å². The highest BCUT2D eigenvalue weighted by molar-refractivity contribution is 7.15. The topological polar surface area (TPSA) is 117 Å². The van der Waals surface area contributed by atoms with E-state index in [-0.39, 0.29) is 11.7 Å².